The molecule has 0 bridgehead atoms. The Hall–Kier alpha value is -1.54. The highest BCUT2D eigenvalue weighted by Crippen LogP contribution is 2.16. The third kappa shape index (κ3) is 2.03. The Morgan fingerprint density at radius 2 is 1.86 bits per heavy atom. The fourth-order valence-corrected chi connectivity index (χ4v) is 1.26. The molecule has 0 radical (unpaired) electrons. The molecule has 2 nitrogen and oxygen atoms in total. The van der Waals surface area contributed by atoms with Crippen LogP contribution in [0.3, 0.4) is 0 Å². The van der Waals surface area contributed by atoms with Gasteiger partial charge in [0.05, 0.1) is 0 Å². The van der Waals surface area contributed by atoms with Gasteiger partial charge in [0, 0.05) is 11.1 Å². The van der Waals surface area contributed by atoms with Crippen molar-refractivity contribution in [3.8, 4) is 0 Å². The van der Waals surface area contributed by atoms with E-state index in [1.165, 1.54) is 6.08 Å². The summed E-state index contributed by atoms with van der Waals surface area (Å²) >= 11 is 5.73. The van der Waals surface area contributed by atoms with Gasteiger partial charge in [-0.15, -0.1) is 0 Å². The van der Waals surface area contributed by atoms with Gasteiger partial charge in [-0.3, -0.25) is 0 Å². The lowest BCUT2D eigenvalue weighted by Crippen LogP contribution is -1.89. The number of allylic oxidation sites excluding steroid dienone is 1. The van der Waals surface area contributed by atoms with Crippen LogP contribution in [0.2, 0.25) is 5.02 Å². The third-order valence-corrected chi connectivity index (χ3v) is 2.03. The Bertz CT molecular complexity index is 415. The summed E-state index contributed by atoms with van der Waals surface area (Å²) in [7, 11) is 0. The summed E-state index contributed by atoms with van der Waals surface area (Å²) in [5, 5.41) is 0.686. The number of halogens is 1. The summed E-state index contributed by atoms with van der Waals surface area (Å²) in [4.78, 5) is 10.7. The molecule has 1 aromatic rings. The molecule has 0 atom stereocenters. The van der Waals surface area contributed by atoms with Crippen LogP contribution in [0, 0.1) is 0 Å². The summed E-state index contributed by atoms with van der Waals surface area (Å²) in [5.41, 5.74) is 0.948. The second-order valence-corrected chi connectivity index (χ2v) is 3.29. The summed E-state index contributed by atoms with van der Waals surface area (Å²) in [6.07, 6.45) is 4.80. The Kier molecular flexibility index (Phi) is 2.37. The van der Waals surface area contributed by atoms with E-state index in [9.17, 15) is 4.79 Å². The van der Waals surface area contributed by atoms with E-state index in [1.807, 2.05) is 12.1 Å². The van der Waals surface area contributed by atoms with Crippen molar-refractivity contribution in [2.75, 3.05) is 0 Å². The SMILES string of the molecule is O=C1C=CC(=Cc2ccc(Cl)cc2)O1. The summed E-state index contributed by atoms with van der Waals surface area (Å²) in [6, 6.07) is 7.29. The first kappa shape index (κ1) is 9.03. The number of hydrogen-bond acceptors (Lipinski definition) is 2. The first-order chi connectivity index (χ1) is 6.74. The van der Waals surface area contributed by atoms with Gasteiger partial charge >= 0.3 is 5.97 Å². The van der Waals surface area contributed by atoms with E-state index in [-0.39, 0.29) is 5.97 Å². The Labute approximate surface area is 86.4 Å². The first-order valence-corrected chi connectivity index (χ1v) is 4.49. The van der Waals surface area contributed by atoms with Gasteiger partial charge in [-0.25, -0.2) is 4.79 Å². The molecule has 3 heteroatoms. The predicted octanol–water partition coefficient (Wildman–Crippen LogP) is 2.79. The van der Waals surface area contributed by atoms with E-state index in [4.69, 9.17) is 16.3 Å². The van der Waals surface area contributed by atoms with Crippen LogP contribution in [0.25, 0.3) is 6.08 Å². The highest BCUT2D eigenvalue weighted by molar-refractivity contribution is 6.30. The van der Waals surface area contributed by atoms with Gasteiger partial charge in [0.1, 0.15) is 5.76 Å². The topological polar surface area (TPSA) is 26.3 Å². The normalized spacial score (nSPS) is 17.5. The summed E-state index contributed by atoms with van der Waals surface area (Å²) in [6.45, 7) is 0. The van der Waals surface area contributed by atoms with Gasteiger partial charge in [0.15, 0.2) is 0 Å². The van der Waals surface area contributed by atoms with Crippen LogP contribution in [0.5, 0.6) is 0 Å². The third-order valence-electron chi connectivity index (χ3n) is 1.78. The molecule has 2 rings (SSSR count). The maximum atomic E-state index is 10.7. The van der Waals surface area contributed by atoms with Crippen LogP contribution in [-0.4, -0.2) is 5.97 Å². The number of rotatable bonds is 1. The molecule has 70 valence electrons. The van der Waals surface area contributed by atoms with Crippen LogP contribution >= 0.6 is 11.6 Å². The van der Waals surface area contributed by atoms with E-state index >= 15 is 0 Å². The quantitative estimate of drug-likeness (QED) is 0.661. The number of esters is 1. The molecule has 0 aliphatic carbocycles. The maximum Gasteiger partial charge on any atom is 0.336 e. The minimum atomic E-state index is -0.329. The molecular formula is C11H7ClO2. The lowest BCUT2D eigenvalue weighted by Gasteiger charge is -1.96. The van der Waals surface area contributed by atoms with Gasteiger partial charge in [-0.1, -0.05) is 23.7 Å². The van der Waals surface area contributed by atoms with Crippen molar-refractivity contribution in [2.45, 2.75) is 0 Å². The Morgan fingerprint density at radius 1 is 1.14 bits per heavy atom. The van der Waals surface area contributed by atoms with Crippen molar-refractivity contribution < 1.29 is 9.53 Å². The number of hydrogen-bond donors (Lipinski definition) is 0. The second kappa shape index (κ2) is 3.68. The maximum absolute atomic E-state index is 10.7. The molecule has 0 fully saturated rings. The summed E-state index contributed by atoms with van der Waals surface area (Å²) in [5.74, 6) is 0.225. The predicted molar refractivity (Wildman–Crippen MR) is 54.7 cm³/mol. The summed E-state index contributed by atoms with van der Waals surface area (Å²) < 4.78 is 4.87. The molecule has 1 aliphatic rings. The highest BCUT2D eigenvalue weighted by atomic mass is 35.5. The van der Waals surface area contributed by atoms with Crippen molar-refractivity contribution in [3.63, 3.8) is 0 Å². The van der Waals surface area contributed by atoms with Crippen molar-refractivity contribution in [3.05, 3.63) is 52.8 Å². The molecule has 0 aromatic heterocycles. The van der Waals surface area contributed by atoms with Gasteiger partial charge in [0.25, 0.3) is 0 Å². The second-order valence-electron chi connectivity index (χ2n) is 2.85. The van der Waals surface area contributed by atoms with Crippen molar-refractivity contribution in [1.82, 2.24) is 0 Å². The van der Waals surface area contributed by atoms with Crippen LogP contribution in [-0.2, 0) is 9.53 Å². The Balaban J connectivity index is 2.22. The Morgan fingerprint density at radius 3 is 2.43 bits per heavy atom. The number of carbonyl (C=O) groups excluding carboxylic acids is 1. The standard InChI is InChI=1S/C11H7ClO2/c12-9-3-1-8(2-4-9)7-10-5-6-11(13)14-10/h1-7H. The van der Waals surface area contributed by atoms with Crippen LogP contribution < -0.4 is 0 Å². The zero-order valence-corrected chi connectivity index (χ0v) is 7.99. The number of carbonyl (C=O) groups is 1. The van der Waals surface area contributed by atoms with E-state index in [1.54, 1.807) is 24.3 Å². The number of ether oxygens (including phenoxy) is 1. The molecule has 1 aromatic carbocycles. The average molecular weight is 207 g/mol. The van der Waals surface area contributed by atoms with Gasteiger partial charge in [-0.2, -0.15) is 0 Å². The minimum absolute atomic E-state index is 0.329. The smallest absolute Gasteiger partial charge is 0.336 e. The molecule has 0 saturated carbocycles. The lowest BCUT2D eigenvalue weighted by atomic mass is 10.2. The van der Waals surface area contributed by atoms with Crippen molar-refractivity contribution >= 4 is 23.6 Å². The first-order valence-electron chi connectivity index (χ1n) is 4.11. The molecule has 14 heavy (non-hydrogen) atoms. The zero-order valence-electron chi connectivity index (χ0n) is 7.24. The molecule has 0 amide bonds. The molecule has 0 spiro atoms. The van der Waals surface area contributed by atoms with E-state index in [2.05, 4.69) is 0 Å². The average Bonchev–Trinajstić information content (AvgIpc) is 2.56. The van der Waals surface area contributed by atoms with Gasteiger partial charge < -0.3 is 4.74 Å². The van der Waals surface area contributed by atoms with E-state index < -0.39 is 0 Å². The number of benzene rings is 1. The van der Waals surface area contributed by atoms with Crippen LogP contribution in [0.15, 0.2) is 42.2 Å². The monoisotopic (exact) mass is 206 g/mol. The van der Waals surface area contributed by atoms with E-state index in [0.29, 0.717) is 10.8 Å². The molecule has 0 unspecified atom stereocenters. The zero-order chi connectivity index (χ0) is 9.97. The number of cyclic esters (lactones) is 1. The molecular weight excluding hydrogens is 200 g/mol. The largest absolute Gasteiger partial charge is 0.423 e. The highest BCUT2D eigenvalue weighted by Gasteiger charge is 2.08. The fourth-order valence-electron chi connectivity index (χ4n) is 1.14. The van der Waals surface area contributed by atoms with Crippen molar-refractivity contribution in [2.24, 2.45) is 0 Å². The van der Waals surface area contributed by atoms with Gasteiger partial charge in [-0.05, 0) is 29.8 Å². The molecule has 1 aliphatic heterocycles. The lowest BCUT2D eigenvalue weighted by molar-refractivity contribution is -0.132. The fraction of sp³-hybridized carbons (Fsp3) is 0. The van der Waals surface area contributed by atoms with Crippen molar-refractivity contribution in [1.29, 1.82) is 0 Å². The minimum Gasteiger partial charge on any atom is -0.423 e. The molecule has 0 N–H and O–H groups in total. The van der Waals surface area contributed by atoms with E-state index in [0.717, 1.165) is 5.56 Å². The molecule has 0 saturated heterocycles. The van der Waals surface area contributed by atoms with Crippen LogP contribution in [0.4, 0.5) is 0 Å². The van der Waals surface area contributed by atoms with Gasteiger partial charge in [0.2, 0.25) is 0 Å². The molecule has 1 heterocycles. The van der Waals surface area contributed by atoms with Crippen LogP contribution in [0.1, 0.15) is 5.56 Å².